The monoisotopic (exact) mass is 377 g/mol. The van der Waals surface area contributed by atoms with Crippen LogP contribution in [-0.4, -0.2) is 36.5 Å². The van der Waals surface area contributed by atoms with E-state index in [4.69, 9.17) is 38.0 Å². The van der Waals surface area contributed by atoms with Gasteiger partial charge >= 0.3 is 0 Å². The first-order chi connectivity index (χ1) is 12.1. The van der Waals surface area contributed by atoms with Crippen LogP contribution >= 0.6 is 23.8 Å². The first-order valence-corrected chi connectivity index (χ1v) is 8.11. The van der Waals surface area contributed by atoms with Crippen molar-refractivity contribution in [3.63, 3.8) is 0 Å². The fraction of sp³-hybridized carbons (Fsp3) is 0.176. The van der Waals surface area contributed by atoms with E-state index in [0.29, 0.717) is 32.9 Å². The summed E-state index contributed by atoms with van der Waals surface area (Å²) in [5, 5.41) is 6.30. The molecule has 0 radical (unpaired) electrons. The zero-order valence-corrected chi connectivity index (χ0v) is 15.4. The molecule has 0 saturated heterocycles. The molecule has 0 amide bonds. The summed E-state index contributed by atoms with van der Waals surface area (Å²) >= 11 is 11.4. The number of aromatic amines is 2. The first-order valence-electron chi connectivity index (χ1n) is 7.32. The molecule has 0 saturated carbocycles. The Kier molecular flexibility index (Phi) is 4.96. The van der Waals surface area contributed by atoms with E-state index in [-0.39, 0.29) is 0 Å². The maximum absolute atomic E-state index is 6.42. The second-order valence-electron chi connectivity index (χ2n) is 5.12. The molecule has 8 heteroatoms. The molecule has 3 aromatic rings. The smallest absolute Gasteiger partial charge is 0.213 e. The van der Waals surface area contributed by atoms with Crippen LogP contribution in [-0.2, 0) is 0 Å². The topological polar surface area (TPSA) is 72.2 Å². The van der Waals surface area contributed by atoms with Crippen molar-refractivity contribution in [2.45, 2.75) is 0 Å². The lowest BCUT2D eigenvalue weighted by Gasteiger charge is -2.15. The Morgan fingerprint density at radius 3 is 2.12 bits per heavy atom. The Labute approximate surface area is 154 Å². The fourth-order valence-electron chi connectivity index (χ4n) is 2.54. The van der Waals surface area contributed by atoms with Crippen molar-refractivity contribution in [2.75, 3.05) is 21.3 Å². The molecule has 6 nitrogen and oxygen atoms in total. The number of benzene rings is 2. The van der Waals surface area contributed by atoms with Gasteiger partial charge in [-0.2, -0.15) is 4.98 Å². The number of halogens is 1. The molecule has 0 aliphatic carbocycles. The van der Waals surface area contributed by atoms with E-state index in [1.54, 1.807) is 27.4 Å². The molecule has 0 aliphatic rings. The third-order valence-corrected chi connectivity index (χ3v) is 4.24. The number of hydrogen-bond acceptors (Lipinski definition) is 5. The van der Waals surface area contributed by atoms with Crippen LogP contribution in [0.15, 0.2) is 30.3 Å². The van der Waals surface area contributed by atoms with Crippen LogP contribution in [0.4, 0.5) is 0 Å². The number of hydrogen-bond donors (Lipinski definition) is 2. The summed E-state index contributed by atoms with van der Waals surface area (Å²) in [6.45, 7) is 0. The van der Waals surface area contributed by atoms with Gasteiger partial charge in [0.2, 0.25) is 10.5 Å². The molecular formula is C17H16ClN3O3S. The van der Waals surface area contributed by atoms with Gasteiger partial charge in [-0.1, -0.05) is 11.6 Å². The van der Waals surface area contributed by atoms with Crippen molar-refractivity contribution >= 4 is 23.8 Å². The quantitative estimate of drug-likeness (QED) is 0.641. The summed E-state index contributed by atoms with van der Waals surface area (Å²) < 4.78 is 16.6. The van der Waals surface area contributed by atoms with Crippen molar-refractivity contribution < 1.29 is 14.2 Å². The van der Waals surface area contributed by atoms with Gasteiger partial charge in [-0.25, -0.2) is 0 Å². The van der Waals surface area contributed by atoms with Crippen LogP contribution in [0, 0.1) is 4.77 Å². The van der Waals surface area contributed by atoms with Gasteiger partial charge in [0.1, 0.15) is 0 Å². The number of nitrogens with one attached hydrogen (secondary N) is 2. The molecule has 25 heavy (non-hydrogen) atoms. The van der Waals surface area contributed by atoms with Crippen molar-refractivity contribution in [3.05, 3.63) is 40.1 Å². The van der Waals surface area contributed by atoms with E-state index < -0.39 is 0 Å². The van der Waals surface area contributed by atoms with Crippen LogP contribution in [0.25, 0.3) is 22.5 Å². The van der Waals surface area contributed by atoms with E-state index in [1.807, 2.05) is 24.3 Å². The molecule has 0 bridgehead atoms. The molecule has 3 rings (SSSR count). The number of aromatic nitrogens is 3. The van der Waals surface area contributed by atoms with Gasteiger partial charge < -0.3 is 14.2 Å². The average Bonchev–Trinajstić information content (AvgIpc) is 3.07. The second kappa shape index (κ2) is 7.16. The average molecular weight is 378 g/mol. The van der Waals surface area contributed by atoms with Crippen LogP contribution < -0.4 is 14.2 Å². The van der Waals surface area contributed by atoms with E-state index in [0.717, 1.165) is 16.7 Å². The molecule has 2 aromatic carbocycles. The largest absolute Gasteiger partial charge is 0.493 e. The van der Waals surface area contributed by atoms with Gasteiger partial charge in [0.15, 0.2) is 17.3 Å². The highest BCUT2D eigenvalue weighted by atomic mass is 35.5. The molecule has 1 heterocycles. The molecule has 2 N–H and O–H groups in total. The fourth-order valence-corrected chi connectivity index (χ4v) is 2.91. The third-order valence-electron chi connectivity index (χ3n) is 3.72. The molecule has 0 fully saturated rings. The SMILES string of the molecule is COc1cc(-c2cc(-c3nc(=S)[nH][nH]3)ccc2Cl)cc(OC)c1OC. The number of methoxy groups -OCH3 is 3. The van der Waals surface area contributed by atoms with E-state index in [2.05, 4.69) is 15.2 Å². The highest BCUT2D eigenvalue weighted by Gasteiger charge is 2.16. The highest BCUT2D eigenvalue weighted by molar-refractivity contribution is 7.71. The molecule has 0 atom stereocenters. The summed E-state index contributed by atoms with van der Waals surface area (Å²) in [4.78, 5) is 4.23. The molecule has 0 spiro atoms. The van der Waals surface area contributed by atoms with E-state index >= 15 is 0 Å². The lowest BCUT2D eigenvalue weighted by atomic mass is 10.0. The van der Waals surface area contributed by atoms with Gasteiger partial charge in [-0.05, 0) is 48.1 Å². The van der Waals surface area contributed by atoms with Crippen LogP contribution in [0.1, 0.15) is 0 Å². The van der Waals surface area contributed by atoms with Gasteiger partial charge in [-0.15, -0.1) is 0 Å². The van der Waals surface area contributed by atoms with Gasteiger partial charge in [0.05, 0.1) is 21.3 Å². The molecule has 0 aliphatic heterocycles. The van der Waals surface area contributed by atoms with Crippen LogP contribution in [0.5, 0.6) is 17.2 Å². The maximum atomic E-state index is 6.42. The van der Waals surface area contributed by atoms with E-state index in [1.165, 1.54) is 0 Å². The summed E-state index contributed by atoms with van der Waals surface area (Å²) in [6.07, 6.45) is 0. The Hall–Kier alpha value is -2.51. The number of ether oxygens (including phenoxy) is 3. The van der Waals surface area contributed by atoms with Gasteiger partial charge in [0, 0.05) is 16.1 Å². The van der Waals surface area contributed by atoms with Crippen molar-refractivity contribution in [1.82, 2.24) is 15.2 Å². The Bertz CT molecular complexity index is 943. The number of H-pyrrole nitrogens is 2. The van der Waals surface area contributed by atoms with Crippen molar-refractivity contribution in [2.24, 2.45) is 0 Å². The summed E-state index contributed by atoms with van der Waals surface area (Å²) in [5.74, 6) is 2.27. The highest BCUT2D eigenvalue weighted by Crippen LogP contribution is 2.43. The normalized spacial score (nSPS) is 10.6. The Morgan fingerprint density at radius 1 is 0.920 bits per heavy atom. The van der Waals surface area contributed by atoms with Gasteiger partial charge in [0.25, 0.3) is 0 Å². The zero-order chi connectivity index (χ0) is 18.0. The number of nitrogens with zero attached hydrogens (tertiary/aromatic N) is 1. The second-order valence-corrected chi connectivity index (χ2v) is 5.92. The predicted molar refractivity (Wildman–Crippen MR) is 99.3 cm³/mol. The first kappa shape index (κ1) is 17.3. The summed E-state index contributed by atoms with van der Waals surface area (Å²) in [6, 6.07) is 9.29. The van der Waals surface area contributed by atoms with Crippen LogP contribution in [0.2, 0.25) is 5.02 Å². The third kappa shape index (κ3) is 3.33. The van der Waals surface area contributed by atoms with Crippen molar-refractivity contribution in [1.29, 1.82) is 0 Å². The summed E-state index contributed by atoms with van der Waals surface area (Å²) in [7, 11) is 4.71. The summed E-state index contributed by atoms with van der Waals surface area (Å²) in [5.41, 5.74) is 2.48. The molecule has 0 unspecified atom stereocenters. The maximum Gasteiger partial charge on any atom is 0.213 e. The Morgan fingerprint density at radius 2 is 1.60 bits per heavy atom. The van der Waals surface area contributed by atoms with Crippen molar-refractivity contribution in [3.8, 4) is 39.8 Å². The molecular weight excluding hydrogens is 362 g/mol. The van der Waals surface area contributed by atoms with Gasteiger partial charge in [-0.3, -0.25) is 10.2 Å². The standard InChI is InChI=1S/C17H16ClN3O3S/c1-22-13-7-10(8-14(23-2)15(13)24-3)11-6-9(4-5-12(11)18)16-19-17(25)21-20-16/h4-8H,1-3H3,(H2,19,20,21,25). The number of rotatable bonds is 5. The van der Waals surface area contributed by atoms with Crippen LogP contribution in [0.3, 0.4) is 0 Å². The minimum Gasteiger partial charge on any atom is -0.493 e. The lowest BCUT2D eigenvalue weighted by Crippen LogP contribution is -1.96. The zero-order valence-electron chi connectivity index (χ0n) is 13.8. The lowest BCUT2D eigenvalue weighted by molar-refractivity contribution is 0.324. The molecule has 130 valence electrons. The minimum atomic E-state index is 0.388. The molecule has 1 aromatic heterocycles. The predicted octanol–water partition coefficient (Wildman–Crippen LogP) is 4.48. The Balaban J connectivity index is 2.17. The van der Waals surface area contributed by atoms with E-state index in [9.17, 15) is 0 Å². The minimum absolute atomic E-state index is 0.388.